The van der Waals surface area contributed by atoms with Gasteiger partial charge in [-0.15, -0.1) is 6.58 Å². The molecule has 3 saturated carbocycles. The third-order valence-corrected chi connectivity index (χ3v) is 7.84. The molecule has 3 N–H and O–H groups in total. The molecule has 4 fully saturated rings. The number of hydrogen-bond donors (Lipinski definition) is 3. The fraction of sp³-hybridized carbons (Fsp3) is 0.727. The van der Waals surface area contributed by atoms with Crippen LogP contribution in [0.4, 0.5) is 4.79 Å². The summed E-state index contributed by atoms with van der Waals surface area (Å²) in [5, 5.41) is 5.88. The third kappa shape index (κ3) is 5.22. The first-order chi connectivity index (χ1) is 15.4. The molecule has 0 spiro atoms. The Balaban J connectivity index is 1.29. The molecule has 1 aliphatic heterocycles. The van der Waals surface area contributed by atoms with Gasteiger partial charge in [0.15, 0.2) is 0 Å². The maximum absolute atomic E-state index is 13.1. The van der Waals surface area contributed by atoms with E-state index in [4.69, 9.17) is 4.74 Å². The molecule has 1 saturated heterocycles. The molecule has 0 aromatic rings. The lowest BCUT2D eigenvalue weighted by Gasteiger charge is -2.27. The van der Waals surface area contributed by atoms with Crippen molar-refractivity contribution in [2.24, 2.45) is 5.92 Å². The first-order valence-corrected chi connectivity index (χ1v) is 12.5. The number of nitrogens with one attached hydrogen (secondary N) is 3. The predicted octanol–water partition coefficient (Wildman–Crippen LogP) is 1.63. The average molecular weight is 465 g/mol. The van der Waals surface area contributed by atoms with Crippen LogP contribution in [0.5, 0.6) is 0 Å². The van der Waals surface area contributed by atoms with Crippen molar-refractivity contribution >= 4 is 35.8 Å². The minimum absolute atomic E-state index is 0.0767. The number of likely N-dealkylation sites (tertiary alicyclic amines) is 1. The molecule has 9 nitrogen and oxygen atoms in total. The third-order valence-electron chi connectivity index (χ3n) is 6.73. The summed E-state index contributed by atoms with van der Waals surface area (Å²) in [5.74, 6) is -0.992. The molecule has 10 heteroatoms. The Hall–Kier alpha value is -2.23. The van der Waals surface area contributed by atoms with E-state index in [1.165, 1.54) is 16.8 Å². The van der Waals surface area contributed by atoms with Gasteiger partial charge < -0.3 is 20.3 Å². The molecule has 4 rings (SSSR count). The number of nitrogens with zero attached hydrogens (tertiary/aromatic N) is 1. The van der Waals surface area contributed by atoms with Crippen LogP contribution in [0.3, 0.4) is 0 Å². The van der Waals surface area contributed by atoms with E-state index >= 15 is 0 Å². The van der Waals surface area contributed by atoms with Crippen molar-refractivity contribution in [3.05, 3.63) is 12.7 Å². The maximum Gasteiger partial charge on any atom is 0.407 e. The zero-order valence-corrected chi connectivity index (χ0v) is 19.1. The van der Waals surface area contributed by atoms with Gasteiger partial charge in [-0.05, 0) is 69.7 Å². The number of alkyl carbamates (subject to hydrolysis) is 1. The van der Waals surface area contributed by atoms with Crippen LogP contribution in [-0.2, 0) is 19.1 Å². The first-order valence-electron chi connectivity index (χ1n) is 11.6. The minimum Gasteiger partial charge on any atom is -0.446 e. The Labute approximate surface area is 192 Å². The lowest BCUT2D eigenvalue weighted by Crippen LogP contribution is -2.55. The molecule has 0 aromatic heterocycles. The van der Waals surface area contributed by atoms with Crippen molar-refractivity contribution in [2.45, 2.75) is 80.7 Å². The second-order valence-corrected chi connectivity index (χ2v) is 10.3. The van der Waals surface area contributed by atoms with Crippen molar-refractivity contribution in [2.75, 3.05) is 13.1 Å². The number of carbonyl (C=O) groups excluding carboxylic acids is 4. The zero-order chi connectivity index (χ0) is 22.7. The fourth-order valence-corrected chi connectivity index (χ4v) is 5.36. The summed E-state index contributed by atoms with van der Waals surface area (Å²) in [6, 6.07) is -0.651. The summed E-state index contributed by atoms with van der Waals surface area (Å²) < 4.78 is 8.19. The van der Waals surface area contributed by atoms with Crippen LogP contribution in [0.15, 0.2) is 12.7 Å². The lowest BCUT2D eigenvalue weighted by molar-refractivity contribution is -0.139. The Morgan fingerprint density at radius 1 is 1.09 bits per heavy atom. The van der Waals surface area contributed by atoms with Gasteiger partial charge in [0.2, 0.25) is 11.8 Å². The number of ether oxygens (including phenoxy) is 1. The summed E-state index contributed by atoms with van der Waals surface area (Å²) in [5.41, 5.74) is -0.985. The maximum atomic E-state index is 13.1. The predicted molar refractivity (Wildman–Crippen MR) is 119 cm³/mol. The first kappa shape index (κ1) is 22.9. The average Bonchev–Trinajstić information content (AvgIpc) is 3.61. The van der Waals surface area contributed by atoms with Crippen LogP contribution < -0.4 is 15.4 Å². The summed E-state index contributed by atoms with van der Waals surface area (Å²) >= 11 is 1.41. The summed E-state index contributed by atoms with van der Waals surface area (Å²) in [6.45, 7) is 4.01. The molecule has 32 heavy (non-hydrogen) atoms. The van der Waals surface area contributed by atoms with E-state index < -0.39 is 17.7 Å². The monoisotopic (exact) mass is 464 g/mol. The lowest BCUT2D eigenvalue weighted by atomic mass is 10.1. The van der Waals surface area contributed by atoms with E-state index in [1.807, 2.05) is 0 Å². The SMILES string of the molecule is C=CC1CC1(NC(=O)C1CCCN1C(=O)CNC(=O)OC1CCCC1)C(=O)NSC1CC1. The molecular weight excluding hydrogens is 432 g/mol. The Morgan fingerprint density at radius 2 is 1.84 bits per heavy atom. The molecule has 0 bridgehead atoms. The highest BCUT2D eigenvalue weighted by Gasteiger charge is 2.60. The summed E-state index contributed by atoms with van der Waals surface area (Å²) in [4.78, 5) is 52.0. The van der Waals surface area contributed by atoms with Crippen LogP contribution in [0.25, 0.3) is 0 Å². The molecule has 0 aromatic carbocycles. The van der Waals surface area contributed by atoms with E-state index in [0.717, 1.165) is 38.5 Å². The molecule has 4 amide bonds. The molecule has 4 aliphatic rings. The van der Waals surface area contributed by atoms with E-state index in [2.05, 4.69) is 21.9 Å². The van der Waals surface area contributed by atoms with Crippen molar-refractivity contribution in [1.29, 1.82) is 0 Å². The molecule has 3 aliphatic carbocycles. The Kier molecular flexibility index (Phi) is 6.97. The van der Waals surface area contributed by atoms with Gasteiger partial charge in [0.1, 0.15) is 24.2 Å². The van der Waals surface area contributed by atoms with Crippen molar-refractivity contribution in [3.8, 4) is 0 Å². The minimum atomic E-state index is -0.985. The van der Waals surface area contributed by atoms with Crippen LogP contribution in [0.2, 0.25) is 0 Å². The van der Waals surface area contributed by atoms with Gasteiger partial charge in [-0.3, -0.25) is 19.1 Å². The number of rotatable bonds is 9. The van der Waals surface area contributed by atoms with Crippen LogP contribution >= 0.6 is 11.9 Å². The van der Waals surface area contributed by atoms with Gasteiger partial charge in [0, 0.05) is 17.7 Å². The molecule has 1 heterocycles. The molecule has 0 radical (unpaired) electrons. The highest BCUT2D eigenvalue weighted by Crippen LogP contribution is 2.45. The number of hydrogen-bond acceptors (Lipinski definition) is 6. The topological polar surface area (TPSA) is 117 Å². The molecule has 176 valence electrons. The van der Waals surface area contributed by atoms with Crippen LogP contribution in [0, 0.1) is 5.92 Å². The number of amides is 4. The van der Waals surface area contributed by atoms with Gasteiger partial charge in [-0.25, -0.2) is 4.79 Å². The molecule has 3 atom stereocenters. The van der Waals surface area contributed by atoms with Gasteiger partial charge >= 0.3 is 6.09 Å². The normalized spacial score (nSPS) is 29.3. The Bertz CT molecular complexity index is 782. The van der Waals surface area contributed by atoms with E-state index in [-0.39, 0.29) is 36.3 Å². The zero-order valence-electron chi connectivity index (χ0n) is 18.3. The highest BCUT2D eigenvalue weighted by molar-refractivity contribution is 7.98. The second-order valence-electron chi connectivity index (χ2n) is 9.17. The van der Waals surface area contributed by atoms with Crippen molar-refractivity contribution in [3.63, 3.8) is 0 Å². The van der Waals surface area contributed by atoms with Gasteiger partial charge in [0.25, 0.3) is 5.91 Å². The second kappa shape index (κ2) is 9.72. The van der Waals surface area contributed by atoms with E-state index in [1.54, 1.807) is 6.08 Å². The van der Waals surface area contributed by atoms with Crippen LogP contribution in [0.1, 0.15) is 57.8 Å². The highest BCUT2D eigenvalue weighted by atomic mass is 32.2. The Morgan fingerprint density at radius 3 is 2.50 bits per heavy atom. The fourth-order valence-electron chi connectivity index (χ4n) is 4.54. The smallest absolute Gasteiger partial charge is 0.407 e. The van der Waals surface area contributed by atoms with Crippen molar-refractivity contribution in [1.82, 2.24) is 20.3 Å². The quantitative estimate of drug-likeness (QED) is 0.353. The number of carbonyl (C=O) groups is 4. The van der Waals surface area contributed by atoms with Gasteiger partial charge in [-0.2, -0.15) is 0 Å². The van der Waals surface area contributed by atoms with Gasteiger partial charge in [-0.1, -0.05) is 6.08 Å². The summed E-state index contributed by atoms with van der Waals surface area (Å²) in [6.07, 6.45) is 8.75. The van der Waals surface area contributed by atoms with Crippen molar-refractivity contribution < 1.29 is 23.9 Å². The standard InChI is InChI=1S/C22H32N4O5S/c1-2-14-12-22(14,20(29)25-32-16-9-10-16)24-19(28)17-8-5-11-26(17)18(27)13-23-21(30)31-15-6-3-4-7-15/h2,14-17H,1,3-13H2,(H,23,30)(H,24,28)(H,25,29). The molecular formula is C22H32N4O5S. The largest absolute Gasteiger partial charge is 0.446 e. The van der Waals surface area contributed by atoms with Crippen LogP contribution in [-0.4, -0.2) is 64.7 Å². The molecule has 3 unspecified atom stereocenters. The van der Waals surface area contributed by atoms with Gasteiger partial charge in [0.05, 0.1) is 0 Å². The summed E-state index contributed by atoms with van der Waals surface area (Å²) in [7, 11) is 0. The van der Waals surface area contributed by atoms with E-state index in [9.17, 15) is 19.2 Å². The van der Waals surface area contributed by atoms with E-state index in [0.29, 0.717) is 31.1 Å².